The maximum atomic E-state index is 11.0. The second-order valence-electron chi connectivity index (χ2n) is 8.48. The maximum Gasteiger partial charge on any atom is 0.188 e. The van der Waals surface area contributed by atoms with E-state index in [1.807, 2.05) is 72.8 Å². The second-order valence-corrected chi connectivity index (χ2v) is 8.48. The molecule has 0 aromatic heterocycles. The molecule has 0 fully saturated rings. The maximum absolute atomic E-state index is 11.0. The zero-order chi connectivity index (χ0) is 25.8. The normalized spacial score (nSPS) is 10.9. The van der Waals surface area contributed by atoms with Gasteiger partial charge in [-0.05, 0) is 63.7 Å². The van der Waals surface area contributed by atoms with Gasteiger partial charge in [0.05, 0.1) is 17.2 Å². The van der Waals surface area contributed by atoms with Crippen molar-refractivity contribution < 1.29 is 24.1 Å². The first-order valence-corrected chi connectivity index (χ1v) is 11.7. The number of ether oxygens (including phenoxy) is 4. The quantitative estimate of drug-likeness (QED) is 0.239. The van der Waals surface area contributed by atoms with Gasteiger partial charge in [0.25, 0.3) is 0 Å². The van der Waals surface area contributed by atoms with Crippen LogP contribution in [0, 0.1) is 11.3 Å². The lowest BCUT2D eigenvalue weighted by atomic mass is 9.92. The van der Waals surface area contributed by atoms with Crippen LogP contribution in [0.5, 0.6) is 17.2 Å². The van der Waals surface area contributed by atoms with Crippen LogP contribution in [0.1, 0.15) is 5.56 Å². The molecule has 0 saturated carbocycles. The molecule has 6 heteroatoms. The van der Waals surface area contributed by atoms with Crippen LogP contribution in [-0.2, 0) is 9.47 Å². The van der Waals surface area contributed by atoms with Gasteiger partial charge in [-0.25, -0.2) is 0 Å². The number of nitrogens with zero attached hydrogens (tertiary/aromatic N) is 1. The molecule has 0 saturated heterocycles. The highest BCUT2D eigenvalue weighted by molar-refractivity contribution is 6.04. The first-order valence-electron chi connectivity index (χ1n) is 11.7. The number of hydrogen-bond donors (Lipinski definition) is 1. The van der Waals surface area contributed by atoms with E-state index in [2.05, 4.69) is 6.07 Å². The van der Waals surface area contributed by atoms with Gasteiger partial charge in [0.15, 0.2) is 13.6 Å². The van der Waals surface area contributed by atoms with E-state index in [0.717, 1.165) is 38.2 Å². The summed E-state index contributed by atoms with van der Waals surface area (Å²) in [5.74, 6) is 1.37. The molecule has 37 heavy (non-hydrogen) atoms. The van der Waals surface area contributed by atoms with Crippen LogP contribution in [0.3, 0.4) is 0 Å². The van der Waals surface area contributed by atoms with Crippen molar-refractivity contribution >= 4 is 21.5 Å². The standard InChI is InChI=1S/C31H25NO5/c1-34-18-36-28-10-5-11-29(37-19-35-2)31(28)22-13-12-21-16-27(33)26(15-24(21)14-22)25-9-4-7-20-6-3-8-23(17-32)30(20)25/h3-16,33H,18-19H2,1-2H3. The van der Waals surface area contributed by atoms with Crippen molar-refractivity contribution in [3.63, 3.8) is 0 Å². The van der Waals surface area contributed by atoms with E-state index in [0.29, 0.717) is 22.6 Å². The zero-order valence-electron chi connectivity index (χ0n) is 20.5. The molecule has 0 aliphatic rings. The Balaban J connectivity index is 1.70. The van der Waals surface area contributed by atoms with Gasteiger partial charge in [-0.2, -0.15) is 5.26 Å². The summed E-state index contributed by atoms with van der Waals surface area (Å²) >= 11 is 0. The molecule has 0 amide bonds. The van der Waals surface area contributed by atoms with Gasteiger partial charge < -0.3 is 24.1 Å². The van der Waals surface area contributed by atoms with Gasteiger partial charge >= 0.3 is 0 Å². The van der Waals surface area contributed by atoms with Crippen LogP contribution in [0.2, 0.25) is 0 Å². The monoisotopic (exact) mass is 491 g/mol. The lowest BCUT2D eigenvalue weighted by Crippen LogP contribution is -2.04. The summed E-state index contributed by atoms with van der Waals surface area (Å²) in [6.45, 7) is 0.184. The highest BCUT2D eigenvalue weighted by Gasteiger charge is 2.17. The van der Waals surface area contributed by atoms with Crippen molar-refractivity contribution in [1.29, 1.82) is 5.26 Å². The third-order valence-corrected chi connectivity index (χ3v) is 6.21. The number of aromatic hydroxyl groups is 1. The first-order chi connectivity index (χ1) is 18.1. The summed E-state index contributed by atoms with van der Waals surface area (Å²) in [6, 6.07) is 28.9. The minimum absolute atomic E-state index is 0.0919. The minimum Gasteiger partial charge on any atom is -0.507 e. The third kappa shape index (κ3) is 4.66. The molecular weight excluding hydrogens is 466 g/mol. The fourth-order valence-corrected chi connectivity index (χ4v) is 4.60. The smallest absolute Gasteiger partial charge is 0.188 e. The van der Waals surface area contributed by atoms with Gasteiger partial charge in [0.1, 0.15) is 17.2 Å². The molecule has 0 spiro atoms. The van der Waals surface area contributed by atoms with Gasteiger partial charge in [-0.3, -0.25) is 0 Å². The van der Waals surface area contributed by atoms with Gasteiger partial charge in [0, 0.05) is 25.2 Å². The van der Waals surface area contributed by atoms with Crippen molar-refractivity contribution in [1.82, 2.24) is 0 Å². The van der Waals surface area contributed by atoms with E-state index in [1.165, 1.54) is 0 Å². The van der Waals surface area contributed by atoms with E-state index >= 15 is 0 Å². The Labute approximate surface area is 214 Å². The number of methoxy groups -OCH3 is 2. The van der Waals surface area contributed by atoms with Crippen LogP contribution in [-0.4, -0.2) is 32.9 Å². The summed E-state index contributed by atoms with van der Waals surface area (Å²) < 4.78 is 21.9. The fourth-order valence-electron chi connectivity index (χ4n) is 4.60. The van der Waals surface area contributed by atoms with Crippen LogP contribution < -0.4 is 9.47 Å². The Morgan fingerprint density at radius 2 is 1.38 bits per heavy atom. The summed E-state index contributed by atoms with van der Waals surface area (Å²) in [5.41, 5.74) is 3.65. The Morgan fingerprint density at radius 3 is 2.05 bits per heavy atom. The fraction of sp³-hybridized carbons (Fsp3) is 0.129. The summed E-state index contributed by atoms with van der Waals surface area (Å²) in [6.07, 6.45) is 0. The molecule has 1 N–H and O–H groups in total. The Kier molecular flexibility index (Phi) is 6.91. The minimum atomic E-state index is 0.0919. The predicted molar refractivity (Wildman–Crippen MR) is 144 cm³/mol. The Morgan fingerprint density at radius 1 is 0.703 bits per heavy atom. The van der Waals surface area contributed by atoms with Crippen molar-refractivity contribution in [2.75, 3.05) is 27.8 Å². The average molecular weight is 492 g/mol. The topological polar surface area (TPSA) is 80.9 Å². The lowest BCUT2D eigenvalue weighted by Gasteiger charge is -2.17. The van der Waals surface area contributed by atoms with Crippen molar-refractivity contribution in [3.8, 4) is 45.6 Å². The molecule has 6 nitrogen and oxygen atoms in total. The lowest BCUT2D eigenvalue weighted by molar-refractivity contribution is 0.0469. The van der Waals surface area contributed by atoms with E-state index in [4.69, 9.17) is 18.9 Å². The van der Waals surface area contributed by atoms with Crippen LogP contribution in [0.15, 0.2) is 84.9 Å². The number of rotatable bonds is 8. The molecule has 184 valence electrons. The molecule has 0 atom stereocenters. The Hall–Kier alpha value is -4.57. The third-order valence-electron chi connectivity index (χ3n) is 6.21. The molecule has 5 aromatic carbocycles. The van der Waals surface area contributed by atoms with Gasteiger partial charge in [-0.15, -0.1) is 0 Å². The van der Waals surface area contributed by atoms with E-state index in [-0.39, 0.29) is 19.3 Å². The molecule has 5 aromatic rings. The molecular formula is C31H25NO5. The highest BCUT2D eigenvalue weighted by Crippen LogP contribution is 2.42. The molecule has 0 radical (unpaired) electrons. The molecule has 0 heterocycles. The number of nitriles is 1. The van der Waals surface area contributed by atoms with Crippen molar-refractivity contribution in [3.05, 3.63) is 90.5 Å². The first kappa shape index (κ1) is 24.1. The number of fused-ring (bicyclic) bond motifs is 2. The number of phenolic OH excluding ortho intramolecular Hbond substituents is 1. The predicted octanol–water partition coefficient (Wildman–Crippen LogP) is 6.87. The van der Waals surface area contributed by atoms with E-state index in [1.54, 1.807) is 26.4 Å². The number of hydrogen-bond acceptors (Lipinski definition) is 6. The summed E-state index contributed by atoms with van der Waals surface area (Å²) in [7, 11) is 3.14. The zero-order valence-corrected chi connectivity index (χ0v) is 20.5. The largest absolute Gasteiger partial charge is 0.507 e. The second kappa shape index (κ2) is 10.6. The van der Waals surface area contributed by atoms with Crippen LogP contribution in [0.4, 0.5) is 0 Å². The number of benzene rings is 5. The van der Waals surface area contributed by atoms with Gasteiger partial charge in [-0.1, -0.05) is 48.5 Å². The number of phenols is 1. The molecule has 0 bridgehead atoms. The van der Waals surface area contributed by atoms with Crippen molar-refractivity contribution in [2.24, 2.45) is 0 Å². The van der Waals surface area contributed by atoms with Crippen LogP contribution in [0.25, 0.3) is 43.8 Å². The molecule has 0 aliphatic heterocycles. The van der Waals surface area contributed by atoms with E-state index in [9.17, 15) is 10.4 Å². The molecule has 0 unspecified atom stereocenters. The molecule has 0 aliphatic carbocycles. The summed E-state index contributed by atoms with van der Waals surface area (Å²) in [5, 5.41) is 24.3. The highest BCUT2D eigenvalue weighted by atomic mass is 16.7. The summed E-state index contributed by atoms with van der Waals surface area (Å²) in [4.78, 5) is 0. The SMILES string of the molecule is COCOc1cccc(OCOC)c1-c1ccc2cc(O)c(-c3cccc4cccc(C#N)c34)cc2c1. The van der Waals surface area contributed by atoms with Crippen LogP contribution >= 0.6 is 0 Å². The Bertz CT molecular complexity index is 1610. The van der Waals surface area contributed by atoms with Crippen molar-refractivity contribution in [2.45, 2.75) is 0 Å². The molecule has 5 rings (SSSR count). The van der Waals surface area contributed by atoms with Gasteiger partial charge in [0.2, 0.25) is 0 Å². The van der Waals surface area contributed by atoms with E-state index < -0.39 is 0 Å². The average Bonchev–Trinajstić information content (AvgIpc) is 2.93.